The predicted octanol–water partition coefficient (Wildman–Crippen LogP) is 2.77. The van der Waals surface area contributed by atoms with Crippen molar-refractivity contribution in [2.45, 2.75) is 40.5 Å². The lowest BCUT2D eigenvalue weighted by atomic mass is 9.97. The summed E-state index contributed by atoms with van der Waals surface area (Å²) in [6, 6.07) is 5.94. The van der Waals surface area contributed by atoms with Crippen molar-refractivity contribution < 1.29 is 19.1 Å². The minimum absolute atomic E-state index is 0.000681. The molecular weight excluding hydrogens is 358 g/mol. The van der Waals surface area contributed by atoms with Crippen molar-refractivity contribution in [3.05, 3.63) is 29.3 Å². The Bertz CT molecular complexity index is 724. The maximum absolute atomic E-state index is 12.9. The minimum Gasteiger partial charge on any atom is -0.450 e. The molecule has 1 fully saturated rings. The van der Waals surface area contributed by atoms with Gasteiger partial charge in [-0.15, -0.1) is 0 Å². The molecule has 0 N–H and O–H groups in total. The summed E-state index contributed by atoms with van der Waals surface area (Å²) < 4.78 is 5.01. The van der Waals surface area contributed by atoms with E-state index in [9.17, 15) is 14.4 Å². The van der Waals surface area contributed by atoms with Crippen LogP contribution in [0.3, 0.4) is 0 Å². The van der Waals surface area contributed by atoms with Gasteiger partial charge in [-0.05, 0) is 30.9 Å². The molecule has 7 nitrogen and oxygen atoms in total. The van der Waals surface area contributed by atoms with Crippen LogP contribution >= 0.6 is 0 Å². The summed E-state index contributed by atoms with van der Waals surface area (Å²) in [6.07, 6.45) is -0.346. The average Bonchev–Trinajstić information content (AvgIpc) is 2.66. The fourth-order valence-corrected chi connectivity index (χ4v) is 3.45. The van der Waals surface area contributed by atoms with Gasteiger partial charge in [0.2, 0.25) is 11.8 Å². The fourth-order valence-electron chi connectivity index (χ4n) is 3.45. The quantitative estimate of drug-likeness (QED) is 0.776. The van der Waals surface area contributed by atoms with Crippen LogP contribution in [0.2, 0.25) is 0 Å². The number of anilines is 1. The van der Waals surface area contributed by atoms with Gasteiger partial charge in [0.05, 0.1) is 12.3 Å². The van der Waals surface area contributed by atoms with Gasteiger partial charge >= 0.3 is 6.09 Å². The molecule has 0 spiro atoms. The highest BCUT2D eigenvalue weighted by Gasteiger charge is 2.28. The van der Waals surface area contributed by atoms with E-state index in [0.717, 1.165) is 16.8 Å². The number of piperazine rings is 1. The molecule has 1 aliphatic rings. The molecule has 0 bridgehead atoms. The number of nitrogens with zero attached hydrogens (tertiary/aromatic N) is 3. The Balaban J connectivity index is 2.11. The van der Waals surface area contributed by atoms with Crippen LogP contribution < -0.4 is 4.90 Å². The van der Waals surface area contributed by atoms with Gasteiger partial charge in [-0.1, -0.05) is 32.0 Å². The van der Waals surface area contributed by atoms with Crippen molar-refractivity contribution in [3.63, 3.8) is 0 Å². The van der Waals surface area contributed by atoms with Crippen molar-refractivity contribution in [2.75, 3.05) is 44.2 Å². The molecule has 0 unspecified atom stereocenters. The number of carbonyl (C=O) groups is 3. The Morgan fingerprint density at radius 1 is 1.11 bits per heavy atom. The van der Waals surface area contributed by atoms with Crippen LogP contribution in [0.25, 0.3) is 0 Å². The van der Waals surface area contributed by atoms with Crippen molar-refractivity contribution in [1.82, 2.24) is 9.80 Å². The van der Waals surface area contributed by atoms with Crippen LogP contribution in [0.15, 0.2) is 18.2 Å². The number of aryl methyl sites for hydroxylation is 1. The van der Waals surface area contributed by atoms with E-state index < -0.39 is 0 Å². The molecule has 1 saturated heterocycles. The van der Waals surface area contributed by atoms with Gasteiger partial charge in [0, 0.05) is 33.1 Å². The van der Waals surface area contributed by atoms with E-state index in [-0.39, 0.29) is 30.4 Å². The zero-order valence-corrected chi connectivity index (χ0v) is 17.5. The Hall–Kier alpha value is -2.57. The Labute approximate surface area is 167 Å². The lowest BCUT2D eigenvalue weighted by molar-refractivity contribution is -0.132. The molecular formula is C21H31N3O4. The third-order valence-corrected chi connectivity index (χ3v) is 4.99. The molecule has 1 aliphatic heterocycles. The molecule has 154 valence electrons. The lowest BCUT2D eigenvalue weighted by Gasteiger charge is -2.35. The molecule has 1 heterocycles. The van der Waals surface area contributed by atoms with Crippen LogP contribution in [0.4, 0.5) is 10.5 Å². The zero-order chi connectivity index (χ0) is 20.8. The van der Waals surface area contributed by atoms with E-state index in [1.54, 1.807) is 21.6 Å². The van der Waals surface area contributed by atoms with Crippen molar-refractivity contribution >= 4 is 23.6 Å². The van der Waals surface area contributed by atoms with E-state index >= 15 is 0 Å². The predicted molar refractivity (Wildman–Crippen MR) is 108 cm³/mol. The second-order valence-corrected chi connectivity index (χ2v) is 7.34. The van der Waals surface area contributed by atoms with Gasteiger partial charge in [0.15, 0.2) is 0 Å². The first-order valence-corrected chi connectivity index (χ1v) is 9.83. The summed E-state index contributed by atoms with van der Waals surface area (Å²) in [5.74, 6) is -0.0358. The zero-order valence-electron chi connectivity index (χ0n) is 17.5. The molecule has 0 saturated carbocycles. The summed E-state index contributed by atoms with van der Waals surface area (Å²) in [7, 11) is 0. The molecule has 1 aromatic rings. The number of hydrogen-bond donors (Lipinski definition) is 0. The first-order valence-electron chi connectivity index (χ1n) is 9.83. The van der Waals surface area contributed by atoms with Crippen LogP contribution in [0.1, 0.15) is 44.7 Å². The molecule has 0 atom stereocenters. The summed E-state index contributed by atoms with van der Waals surface area (Å²) in [5.41, 5.74) is 2.85. The second-order valence-electron chi connectivity index (χ2n) is 7.34. The van der Waals surface area contributed by atoms with E-state index in [0.29, 0.717) is 32.8 Å². The van der Waals surface area contributed by atoms with Gasteiger partial charge < -0.3 is 19.4 Å². The molecule has 0 aliphatic carbocycles. The molecule has 2 rings (SSSR count). The van der Waals surface area contributed by atoms with E-state index in [4.69, 9.17) is 4.74 Å². The Morgan fingerprint density at radius 3 is 2.25 bits per heavy atom. The highest BCUT2D eigenvalue weighted by atomic mass is 16.6. The van der Waals surface area contributed by atoms with Gasteiger partial charge in [-0.3, -0.25) is 9.59 Å². The van der Waals surface area contributed by atoms with Crippen LogP contribution in [-0.2, 0) is 14.3 Å². The second kappa shape index (κ2) is 9.57. The van der Waals surface area contributed by atoms with Crippen molar-refractivity contribution in [1.29, 1.82) is 0 Å². The molecule has 1 aromatic carbocycles. The number of benzene rings is 1. The lowest BCUT2D eigenvalue weighted by Crippen LogP contribution is -2.53. The molecule has 3 amide bonds. The first-order chi connectivity index (χ1) is 13.3. The summed E-state index contributed by atoms with van der Waals surface area (Å²) in [6.45, 7) is 11.5. The number of rotatable bonds is 5. The van der Waals surface area contributed by atoms with Crippen molar-refractivity contribution in [3.8, 4) is 0 Å². The van der Waals surface area contributed by atoms with Gasteiger partial charge in [-0.2, -0.15) is 0 Å². The molecule has 0 aromatic heterocycles. The van der Waals surface area contributed by atoms with Crippen LogP contribution in [0, 0.1) is 6.92 Å². The van der Waals surface area contributed by atoms with E-state index in [2.05, 4.69) is 13.8 Å². The van der Waals surface area contributed by atoms with Crippen LogP contribution in [0.5, 0.6) is 0 Å². The highest BCUT2D eigenvalue weighted by Crippen LogP contribution is 2.31. The third kappa shape index (κ3) is 5.03. The van der Waals surface area contributed by atoms with Gasteiger partial charge in [-0.25, -0.2) is 4.79 Å². The summed E-state index contributed by atoms with van der Waals surface area (Å²) in [4.78, 5) is 42.0. The maximum Gasteiger partial charge on any atom is 0.409 e. The van der Waals surface area contributed by atoms with Crippen LogP contribution in [-0.4, -0.2) is 67.0 Å². The standard InChI is InChI=1S/C21H31N3O4/c1-6-28-21(27)23-12-10-22(11-13-23)19(26)14-24(17(5)25)20-16(4)8-7-9-18(20)15(2)3/h7-9,15H,6,10-14H2,1-5H3. The number of carbonyl (C=O) groups excluding carboxylic acids is 3. The number of para-hydroxylation sites is 1. The number of hydrogen-bond acceptors (Lipinski definition) is 4. The average molecular weight is 389 g/mol. The third-order valence-electron chi connectivity index (χ3n) is 4.99. The van der Waals surface area contributed by atoms with E-state index in [1.165, 1.54) is 6.92 Å². The smallest absolute Gasteiger partial charge is 0.409 e. The highest BCUT2D eigenvalue weighted by molar-refractivity contribution is 5.99. The maximum atomic E-state index is 12.9. The fraction of sp³-hybridized carbons (Fsp3) is 0.571. The first kappa shape index (κ1) is 21.7. The van der Waals surface area contributed by atoms with Gasteiger partial charge in [0.25, 0.3) is 0 Å². The number of ether oxygens (including phenoxy) is 1. The summed E-state index contributed by atoms with van der Waals surface area (Å²) in [5, 5.41) is 0. The SMILES string of the molecule is CCOC(=O)N1CCN(C(=O)CN(C(C)=O)c2c(C)cccc2C(C)C)CC1. The Morgan fingerprint density at radius 2 is 1.71 bits per heavy atom. The topological polar surface area (TPSA) is 70.2 Å². The Kier molecular flexibility index (Phi) is 7.43. The summed E-state index contributed by atoms with van der Waals surface area (Å²) >= 11 is 0. The largest absolute Gasteiger partial charge is 0.450 e. The molecule has 7 heteroatoms. The van der Waals surface area contributed by atoms with E-state index in [1.807, 2.05) is 25.1 Å². The molecule has 28 heavy (non-hydrogen) atoms. The number of amides is 3. The molecule has 0 radical (unpaired) electrons. The van der Waals surface area contributed by atoms with Crippen molar-refractivity contribution in [2.24, 2.45) is 0 Å². The minimum atomic E-state index is -0.346. The normalized spacial score (nSPS) is 14.2. The van der Waals surface area contributed by atoms with Gasteiger partial charge in [0.1, 0.15) is 6.54 Å². The monoisotopic (exact) mass is 389 g/mol.